The Hall–Kier alpha value is -1.34. The molecule has 0 aromatic heterocycles. The van der Waals surface area contributed by atoms with E-state index < -0.39 is 11.4 Å². The molecule has 20 heavy (non-hydrogen) atoms. The molecule has 7 heteroatoms. The third-order valence-corrected chi connectivity index (χ3v) is 4.38. The average Bonchev–Trinajstić information content (AvgIpc) is 2.77. The van der Waals surface area contributed by atoms with E-state index >= 15 is 0 Å². The van der Waals surface area contributed by atoms with Crippen LogP contribution < -0.4 is 16.8 Å². The molecule has 0 aliphatic carbocycles. The number of ether oxygens (including phenoxy) is 1. The van der Waals surface area contributed by atoms with E-state index in [0.29, 0.717) is 26.3 Å². The van der Waals surface area contributed by atoms with Gasteiger partial charge in [0.15, 0.2) is 0 Å². The number of nitrogens with two attached hydrogens (primary N) is 2. The average molecular weight is 284 g/mol. The number of rotatable bonds is 3. The summed E-state index contributed by atoms with van der Waals surface area (Å²) < 4.78 is 5.34. The monoisotopic (exact) mass is 284 g/mol. The lowest BCUT2D eigenvalue weighted by Crippen LogP contribution is -2.54. The molecule has 5 N–H and O–H groups in total. The van der Waals surface area contributed by atoms with Crippen molar-refractivity contribution in [2.45, 2.75) is 25.8 Å². The fourth-order valence-corrected chi connectivity index (χ4v) is 2.93. The molecule has 0 spiro atoms. The second kappa shape index (κ2) is 5.97. The van der Waals surface area contributed by atoms with Gasteiger partial charge in [-0.3, -0.25) is 4.79 Å². The maximum Gasteiger partial charge on any atom is 0.312 e. The Morgan fingerprint density at radius 1 is 1.50 bits per heavy atom. The largest absolute Gasteiger partial charge is 0.379 e. The summed E-state index contributed by atoms with van der Waals surface area (Å²) >= 11 is 0. The highest BCUT2D eigenvalue weighted by Gasteiger charge is 2.46. The van der Waals surface area contributed by atoms with Crippen LogP contribution in [-0.2, 0) is 9.53 Å². The standard InChI is InChI=1S/C13H24N4O3/c1-13(8-20-7-10(13)14)11(18)17-4-2-3-9(6-17)5-16-12(15)19/h9-10H,2-8,14H2,1H3,(H3,15,16,19). The smallest absolute Gasteiger partial charge is 0.312 e. The molecule has 3 unspecified atom stereocenters. The van der Waals surface area contributed by atoms with Crippen LogP contribution in [-0.4, -0.2) is 55.7 Å². The number of nitrogens with one attached hydrogen (secondary N) is 1. The molecule has 3 amide bonds. The van der Waals surface area contributed by atoms with Crippen molar-refractivity contribution in [1.29, 1.82) is 0 Å². The highest BCUT2D eigenvalue weighted by molar-refractivity contribution is 5.83. The Morgan fingerprint density at radius 3 is 2.85 bits per heavy atom. The van der Waals surface area contributed by atoms with E-state index in [4.69, 9.17) is 16.2 Å². The second-order valence-electron chi connectivity index (χ2n) is 6.04. The third-order valence-electron chi connectivity index (χ3n) is 4.38. The van der Waals surface area contributed by atoms with Crippen LogP contribution in [0.2, 0.25) is 0 Å². The SMILES string of the molecule is CC1(C(=O)N2CCCC(CNC(N)=O)C2)COCC1N. The van der Waals surface area contributed by atoms with E-state index in [1.165, 1.54) is 0 Å². The zero-order valence-corrected chi connectivity index (χ0v) is 11.9. The Bertz CT molecular complexity index is 390. The highest BCUT2D eigenvalue weighted by atomic mass is 16.5. The summed E-state index contributed by atoms with van der Waals surface area (Å²) in [4.78, 5) is 25.3. The lowest BCUT2D eigenvalue weighted by atomic mass is 9.83. The predicted octanol–water partition coefficient (Wildman–Crippen LogP) is -0.743. The topological polar surface area (TPSA) is 111 Å². The Labute approximate surface area is 119 Å². The minimum Gasteiger partial charge on any atom is -0.379 e. The van der Waals surface area contributed by atoms with Crippen LogP contribution >= 0.6 is 0 Å². The van der Waals surface area contributed by atoms with Crippen molar-refractivity contribution in [2.75, 3.05) is 32.8 Å². The van der Waals surface area contributed by atoms with E-state index in [9.17, 15) is 9.59 Å². The first-order valence-electron chi connectivity index (χ1n) is 7.09. The molecular weight excluding hydrogens is 260 g/mol. The van der Waals surface area contributed by atoms with Crippen molar-refractivity contribution >= 4 is 11.9 Å². The van der Waals surface area contributed by atoms with Gasteiger partial charge in [0, 0.05) is 25.7 Å². The van der Waals surface area contributed by atoms with Gasteiger partial charge in [0.05, 0.1) is 18.6 Å². The lowest BCUT2D eigenvalue weighted by Gasteiger charge is -2.38. The van der Waals surface area contributed by atoms with Crippen LogP contribution in [0.25, 0.3) is 0 Å². The quantitative estimate of drug-likeness (QED) is 0.633. The molecule has 0 radical (unpaired) electrons. The molecule has 2 fully saturated rings. The molecule has 0 saturated carbocycles. The second-order valence-corrected chi connectivity index (χ2v) is 6.04. The van der Waals surface area contributed by atoms with Gasteiger partial charge in [-0.25, -0.2) is 4.79 Å². The number of hydrogen-bond donors (Lipinski definition) is 3. The highest BCUT2D eigenvalue weighted by Crippen LogP contribution is 2.31. The maximum atomic E-state index is 12.7. The number of nitrogens with zero attached hydrogens (tertiary/aromatic N) is 1. The van der Waals surface area contributed by atoms with Gasteiger partial charge in [0.25, 0.3) is 0 Å². The van der Waals surface area contributed by atoms with Crippen LogP contribution in [0.4, 0.5) is 4.79 Å². The zero-order valence-electron chi connectivity index (χ0n) is 11.9. The van der Waals surface area contributed by atoms with Crippen LogP contribution in [0, 0.1) is 11.3 Å². The van der Waals surface area contributed by atoms with Crippen molar-refractivity contribution in [3.8, 4) is 0 Å². The third kappa shape index (κ3) is 3.04. The number of amides is 3. The summed E-state index contributed by atoms with van der Waals surface area (Å²) in [6, 6.07) is -0.772. The first-order valence-corrected chi connectivity index (χ1v) is 7.09. The molecule has 2 heterocycles. The van der Waals surface area contributed by atoms with Crippen molar-refractivity contribution in [1.82, 2.24) is 10.2 Å². The first-order chi connectivity index (χ1) is 9.43. The van der Waals surface area contributed by atoms with Crippen LogP contribution in [0.1, 0.15) is 19.8 Å². The fraction of sp³-hybridized carbons (Fsp3) is 0.846. The number of likely N-dealkylation sites (tertiary alicyclic amines) is 1. The normalized spacial score (nSPS) is 34.0. The number of carbonyl (C=O) groups is 2. The molecular formula is C13H24N4O3. The van der Waals surface area contributed by atoms with E-state index in [0.717, 1.165) is 19.4 Å². The molecule has 2 saturated heterocycles. The van der Waals surface area contributed by atoms with Gasteiger partial charge >= 0.3 is 6.03 Å². The summed E-state index contributed by atoms with van der Waals surface area (Å²) in [5.41, 5.74) is 10.5. The molecule has 2 rings (SSSR count). The number of piperidine rings is 1. The van der Waals surface area contributed by atoms with Gasteiger partial charge in [-0.2, -0.15) is 0 Å². The summed E-state index contributed by atoms with van der Waals surface area (Å²) in [7, 11) is 0. The number of urea groups is 1. The Balaban J connectivity index is 1.94. The van der Waals surface area contributed by atoms with E-state index in [2.05, 4.69) is 5.32 Å². The first kappa shape index (κ1) is 15.1. The molecule has 2 aliphatic rings. The lowest BCUT2D eigenvalue weighted by molar-refractivity contribution is -0.143. The number of primary amides is 1. The molecule has 7 nitrogen and oxygen atoms in total. The summed E-state index contributed by atoms with van der Waals surface area (Å²) in [6.45, 7) is 4.59. The van der Waals surface area contributed by atoms with Crippen LogP contribution in [0.15, 0.2) is 0 Å². The van der Waals surface area contributed by atoms with Gasteiger partial charge in [-0.15, -0.1) is 0 Å². The van der Waals surface area contributed by atoms with Crippen molar-refractivity contribution < 1.29 is 14.3 Å². The summed E-state index contributed by atoms with van der Waals surface area (Å²) in [5.74, 6) is 0.314. The van der Waals surface area contributed by atoms with Crippen LogP contribution in [0.5, 0.6) is 0 Å². The molecule has 0 bridgehead atoms. The van der Waals surface area contributed by atoms with Crippen molar-refractivity contribution in [2.24, 2.45) is 22.8 Å². The molecule has 0 aromatic rings. The van der Waals surface area contributed by atoms with Gasteiger partial charge in [-0.1, -0.05) is 0 Å². The van der Waals surface area contributed by atoms with Gasteiger partial charge in [-0.05, 0) is 25.7 Å². The number of hydrogen-bond acceptors (Lipinski definition) is 4. The predicted molar refractivity (Wildman–Crippen MR) is 73.8 cm³/mol. The van der Waals surface area contributed by atoms with Crippen LogP contribution in [0.3, 0.4) is 0 Å². The number of carbonyl (C=O) groups excluding carboxylic acids is 2. The van der Waals surface area contributed by atoms with E-state index in [1.54, 1.807) is 0 Å². The minimum atomic E-state index is -0.626. The van der Waals surface area contributed by atoms with Gasteiger partial charge < -0.3 is 26.4 Å². The van der Waals surface area contributed by atoms with Gasteiger partial charge in [0.1, 0.15) is 0 Å². The molecule has 2 aliphatic heterocycles. The molecule has 3 atom stereocenters. The van der Waals surface area contributed by atoms with Crippen molar-refractivity contribution in [3.63, 3.8) is 0 Å². The maximum absolute atomic E-state index is 12.7. The Morgan fingerprint density at radius 2 is 2.25 bits per heavy atom. The summed E-state index contributed by atoms with van der Waals surface area (Å²) in [5, 5.41) is 2.61. The fourth-order valence-electron chi connectivity index (χ4n) is 2.93. The van der Waals surface area contributed by atoms with Crippen molar-refractivity contribution in [3.05, 3.63) is 0 Å². The molecule has 0 aromatic carbocycles. The Kier molecular flexibility index (Phi) is 4.49. The zero-order chi connectivity index (χ0) is 14.8. The summed E-state index contributed by atoms with van der Waals surface area (Å²) in [6.07, 6.45) is 1.92. The molecule has 114 valence electrons. The minimum absolute atomic E-state index is 0.0614. The van der Waals surface area contributed by atoms with E-state index in [1.807, 2.05) is 11.8 Å². The van der Waals surface area contributed by atoms with Gasteiger partial charge in [0.2, 0.25) is 5.91 Å². The van der Waals surface area contributed by atoms with E-state index in [-0.39, 0.29) is 17.9 Å².